The van der Waals surface area contributed by atoms with Gasteiger partial charge in [-0.3, -0.25) is 4.79 Å². The van der Waals surface area contributed by atoms with Gasteiger partial charge in [0.15, 0.2) is 0 Å². The average Bonchev–Trinajstić information content (AvgIpc) is 2.16. The molecule has 76 valence electrons. The van der Waals surface area contributed by atoms with Crippen LogP contribution in [0.15, 0.2) is 18.6 Å². The summed E-state index contributed by atoms with van der Waals surface area (Å²) in [5.74, 6) is -0.0563. The number of hydrogen-bond acceptors (Lipinski definition) is 4. The van der Waals surface area contributed by atoms with Crippen molar-refractivity contribution in [1.82, 2.24) is 9.97 Å². The summed E-state index contributed by atoms with van der Waals surface area (Å²) in [4.78, 5) is 18.1. The number of hydrogen-bond donors (Lipinski definition) is 2. The first-order valence-corrected chi connectivity index (χ1v) is 4.43. The minimum atomic E-state index is -0.777. The standard InChI is InChI=1S/C9H13N3O2/c1-7(2-3-9(13)14)12-8-4-5-10-6-11-8/h4-7H,2-3H2,1H3,(H,13,14)(H,10,11,12). The van der Waals surface area contributed by atoms with E-state index in [1.165, 1.54) is 6.33 Å². The Bertz CT molecular complexity index is 289. The average molecular weight is 195 g/mol. The number of carbonyl (C=O) groups is 1. The Labute approximate surface area is 82.2 Å². The number of nitrogens with zero attached hydrogens (tertiary/aromatic N) is 2. The predicted molar refractivity (Wildman–Crippen MR) is 52.0 cm³/mol. The van der Waals surface area contributed by atoms with E-state index in [0.29, 0.717) is 6.42 Å². The lowest BCUT2D eigenvalue weighted by molar-refractivity contribution is -0.137. The van der Waals surface area contributed by atoms with Crippen LogP contribution in [-0.4, -0.2) is 27.1 Å². The fraction of sp³-hybridized carbons (Fsp3) is 0.444. The molecule has 1 rings (SSSR count). The summed E-state index contributed by atoms with van der Waals surface area (Å²) >= 11 is 0. The molecule has 2 N–H and O–H groups in total. The van der Waals surface area contributed by atoms with E-state index in [0.717, 1.165) is 5.82 Å². The highest BCUT2D eigenvalue weighted by Gasteiger charge is 2.05. The van der Waals surface area contributed by atoms with Crippen LogP contribution in [0.3, 0.4) is 0 Å². The first-order valence-electron chi connectivity index (χ1n) is 4.43. The maximum absolute atomic E-state index is 10.3. The molecule has 0 radical (unpaired) electrons. The van der Waals surface area contributed by atoms with Crippen LogP contribution in [0.4, 0.5) is 5.82 Å². The summed E-state index contributed by atoms with van der Waals surface area (Å²) in [6.45, 7) is 1.92. The lowest BCUT2D eigenvalue weighted by Gasteiger charge is -2.12. The van der Waals surface area contributed by atoms with Crippen LogP contribution in [-0.2, 0) is 4.79 Å². The zero-order chi connectivity index (χ0) is 10.4. The normalized spacial score (nSPS) is 12.1. The van der Waals surface area contributed by atoms with Gasteiger partial charge in [0.25, 0.3) is 0 Å². The van der Waals surface area contributed by atoms with Gasteiger partial charge >= 0.3 is 5.97 Å². The minimum absolute atomic E-state index is 0.0981. The molecule has 5 heteroatoms. The fourth-order valence-electron chi connectivity index (χ4n) is 1.04. The Balaban J connectivity index is 2.34. The highest BCUT2D eigenvalue weighted by Crippen LogP contribution is 2.05. The third-order valence-corrected chi connectivity index (χ3v) is 1.77. The second-order valence-corrected chi connectivity index (χ2v) is 3.07. The maximum atomic E-state index is 10.3. The second-order valence-electron chi connectivity index (χ2n) is 3.07. The van der Waals surface area contributed by atoms with Gasteiger partial charge in [-0.2, -0.15) is 0 Å². The van der Waals surface area contributed by atoms with Gasteiger partial charge in [0.2, 0.25) is 0 Å². The van der Waals surface area contributed by atoms with Gasteiger partial charge in [-0.1, -0.05) is 0 Å². The van der Waals surface area contributed by atoms with E-state index in [1.54, 1.807) is 12.3 Å². The molecule has 0 aliphatic heterocycles. The molecule has 1 aromatic rings. The predicted octanol–water partition coefficient (Wildman–Crippen LogP) is 1.14. The Morgan fingerprint density at radius 2 is 2.50 bits per heavy atom. The molecule has 0 aliphatic carbocycles. The molecule has 0 saturated carbocycles. The van der Waals surface area contributed by atoms with E-state index in [9.17, 15) is 4.79 Å². The van der Waals surface area contributed by atoms with E-state index in [2.05, 4.69) is 15.3 Å². The monoisotopic (exact) mass is 195 g/mol. The summed E-state index contributed by atoms with van der Waals surface area (Å²) in [5, 5.41) is 11.6. The Morgan fingerprint density at radius 3 is 3.07 bits per heavy atom. The molecule has 0 amide bonds. The molecular weight excluding hydrogens is 182 g/mol. The first kappa shape index (κ1) is 10.4. The van der Waals surface area contributed by atoms with Gasteiger partial charge in [-0.15, -0.1) is 0 Å². The number of carboxylic acids is 1. The van der Waals surface area contributed by atoms with Crippen LogP contribution in [0.25, 0.3) is 0 Å². The maximum Gasteiger partial charge on any atom is 0.303 e. The van der Waals surface area contributed by atoms with Crippen LogP contribution in [0, 0.1) is 0 Å². The van der Waals surface area contributed by atoms with Crippen molar-refractivity contribution in [3.63, 3.8) is 0 Å². The van der Waals surface area contributed by atoms with Crippen LogP contribution >= 0.6 is 0 Å². The third kappa shape index (κ3) is 3.84. The van der Waals surface area contributed by atoms with Crippen LogP contribution < -0.4 is 5.32 Å². The number of aromatic nitrogens is 2. The number of aliphatic carboxylic acids is 1. The van der Waals surface area contributed by atoms with Crippen LogP contribution in [0.1, 0.15) is 19.8 Å². The van der Waals surface area contributed by atoms with Crippen LogP contribution in [0.5, 0.6) is 0 Å². The number of carboxylic acid groups (broad SMARTS) is 1. The quantitative estimate of drug-likeness (QED) is 0.736. The Hall–Kier alpha value is -1.65. The number of rotatable bonds is 5. The fourth-order valence-corrected chi connectivity index (χ4v) is 1.04. The zero-order valence-corrected chi connectivity index (χ0v) is 7.97. The van der Waals surface area contributed by atoms with Gasteiger partial charge in [0, 0.05) is 18.7 Å². The molecule has 5 nitrogen and oxygen atoms in total. The third-order valence-electron chi connectivity index (χ3n) is 1.77. The smallest absolute Gasteiger partial charge is 0.303 e. The van der Waals surface area contributed by atoms with Gasteiger partial charge < -0.3 is 10.4 Å². The van der Waals surface area contributed by atoms with Crippen molar-refractivity contribution in [1.29, 1.82) is 0 Å². The molecular formula is C9H13N3O2. The molecule has 0 aromatic carbocycles. The van der Waals surface area contributed by atoms with Crippen LogP contribution in [0.2, 0.25) is 0 Å². The largest absolute Gasteiger partial charge is 0.481 e. The zero-order valence-electron chi connectivity index (χ0n) is 7.97. The van der Waals surface area contributed by atoms with Gasteiger partial charge in [0.1, 0.15) is 12.1 Å². The second kappa shape index (κ2) is 5.16. The molecule has 0 aliphatic rings. The topological polar surface area (TPSA) is 75.1 Å². The van der Waals surface area contributed by atoms with Crippen molar-refractivity contribution < 1.29 is 9.90 Å². The Kier molecular flexibility index (Phi) is 3.84. The molecule has 0 bridgehead atoms. The molecule has 14 heavy (non-hydrogen) atoms. The molecule has 0 fully saturated rings. The van der Waals surface area contributed by atoms with Crippen molar-refractivity contribution in [2.24, 2.45) is 0 Å². The van der Waals surface area contributed by atoms with E-state index in [1.807, 2.05) is 6.92 Å². The molecule has 0 saturated heterocycles. The highest BCUT2D eigenvalue weighted by molar-refractivity contribution is 5.66. The summed E-state index contributed by atoms with van der Waals surface area (Å²) in [6.07, 6.45) is 3.84. The van der Waals surface area contributed by atoms with Gasteiger partial charge in [-0.25, -0.2) is 9.97 Å². The van der Waals surface area contributed by atoms with E-state index in [4.69, 9.17) is 5.11 Å². The lowest BCUT2D eigenvalue weighted by atomic mass is 10.2. The molecule has 1 atom stereocenters. The van der Waals surface area contributed by atoms with Crippen molar-refractivity contribution in [3.8, 4) is 0 Å². The van der Waals surface area contributed by atoms with Crippen molar-refractivity contribution in [2.75, 3.05) is 5.32 Å². The van der Waals surface area contributed by atoms with Crippen molar-refractivity contribution in [3.05, 3.63) is 18.6 Å². The highest BCUT2D eigenvalue weighted by atomic mass is 16.4. The first-order chi connectivity index (χ1) is 6.68. The molecule has 1 unspecified atom stereocenters. The molecule has 1 aromatic heterocycles. The van der Waals surface area contributed by atoms with E-state index >= 15 is 0 Å². The lowest BCUT2D eigenvalue weighted by Crippen LogP contribution is -2.17. The number of nitrogens with one attached hydrogen (secondary N) is 1. The minimum Gasteiger partial charge on any atom is -0.481 e. The van der Waals surface area contributed by atoms with Gasteiger partial charge in [-0.05, 0) is 19.4 Å². The number of anilines is 1. The summed E-state index contributed by atoms with van der Waals surface area (Å²) in [7, 11) is 0. The molecule has 1 heterocycles. The molecule has 0 spiro atoms. The SMILES string of the molecule is CC(CCC(=O)O)Nc1ccncn1. The van der Waals surface area contributed by atoms with Gasteiger partial charge in [0.05, 0.1) is 0 Å². The summed E-state index contributed by atoms with van der Waals surface area (Å²) in [6, 6.07) is 1.85. The van der Waals surface area contributed by atoms with Crippen molar-refractivity contribution >= 4 is 11.8 Å². The van der Waals surface area contributed by atoms with E-state index < -0.39 is 5.97 Å². The van der Waals surface area contributed by atoms with E-state index in [-0.39, 0.29) is 12.5 Å². The summed E-state index contributed by atoms with van der Waals surface area (Å²) in [5.41, 5.74) is 0. The summed E-state index contributed by atoms with van der Waals surface area (Å²) < 4.78 is 0. The Morgan fingerprint density at radius 1 is 1.71 bits per heavy atom. The van der Waals surface area contributed by atoms with Crippen molar-refractivity contribution in [2.45, 2.75) is 25.8 Å².